The molecule has 0 spiro atoms. The summed E-state index contributed by atoms with van der Waals surface area (Å²) in [4.78, 5) is 11.1. The number of carbonyl (C=O) groups is 1. The SMILES string of the molecule is CCCCOC[C@H](C=O)c1ccc(Br)cc1C. The Bertz CT molecular complexity index is 363. The number of carbonyl (C=O) groups excluding carboxylic acids is 1. The largest absolute Gasteiger partial charge is 0.380 e. The van der Waals surface area contributed by atoms with E-state index >= 15 is 0 Å². The minimum atomic E-state index is -0.153. The fraction of sp³-hybridized carbons (Fsp3) is 0.500. The van der Waals surface area contributed by atoms with Crippen LogP contribution in [-0.4, -0.2) is 19.5 Å². The average Bonchev–Trinajstić information content (AvgIpc) is 2.31. The molecule has 0 N–H and O–H groups in total. The van der Waals surface area contributed by atoms with Crippen molar-refractivity contribution >= 4 is 22.2 Å². The fourth-order valence-corrected chi connectivity index (χ4v) is 2.19. The van der Waals surface area contributed by atoms with Crippen LogP contribution in [0.3, 0.4) is 0 Å². The van der Waals surface area contributed by atoms with E-state index in [4.69, 9.17) is 4.74 Å². The van der Waals surface area contributed by atoms with Gasteiger partial charge in [-0.1, -0.05) is 35.3 Å². The Morgan fingerprint density at radius 1 is 1.47 bits per heavy atom. The van der Waals surface area contributed by atoms with Crippen molar-refractivity contribution in [1.82, 2.24) is 0 Å². The van der Waals surface area contributed by atoms with E-state index in [0.29, 0.717) is 6.61 Å². The van der Waals surface area contributed by atoms with Gasteiger partial charge < -0.3 is 9.53 Å². The molecule has 0 aromatic heterocycles. The molecule has 0 aliphatic rings. The quantitative estimate of drug-likeness (QED) is 0.564. The van der Waals surface area contributed by atoms with Gasteiger partial charge in [0.25, 0.3) is 0 Å². The summed E-state index contributed by atoms with van der Waals surface area (Å²) >= 11 is 3.42. The second-order valence-electron chi connectivity index (χ2n) is 4.17. The summed E-state index contributed by atoms with van der Waals surface area (Å²) in [6, 6.07) is 5.98. The summed E-state index contributed by atoms with van der Waals surface area (Å²) < 4.78 is 6.56. The van der Waals surface area contributed by atoms with Gasteiger partial charge in [-0.2, -0.15) is 0 Å². The van der Waals surface area contributed by atoms with Crippen LogP contribution in [0.4, 0.5) is 0 Å². The molecule has 0 heterocycles. The van der Waals surface area contributed by atoms with Gasteiger partial charge in [-0.3, -0.25) is 0 Å². The number of hydrogen-bond acceptors (Lipinski definition) is 2. The van der Waals surface area contributed by atoms with Crippen molar-refractivity contribution in [3.8, 4) is 0 Å². The molecule has 17 heavy (non-hydrogen) atoms. The van der Waals surface area contributed by atoms with Crippen LogP contribution < -0.4 is 0 Å². The molecule has 0 aliphatic carbocycles. The Balaban J connectivity index is 2.63. The molecule has 0 saturated heterocycles. The van der Waals surface area contributed by atoms with E-state index in [1.54, 1.807) is 0 Å². The first kappa shape index (κ1) is 14.4. The third-order valence-electron chi connectivity index (χ3n) is 2.74. The summed E-state index contributed by atoms with van der Waals surface area (Å²) in [5.74, 6) is -0.153. The number of ether oxygens (including phenoxy) is 1. The number of aldehydes is 1. The van der Waals surface area contributed by atoms with E-state index in [2.05, 4.69) is 22.9 Å². The molecule has 0 saturated carbocycles. The minimum Gasteiger partial charge on any atom is -0.380 e. The first-order valence-corrected chi connectivity index (χ1v) is 6.77. The van der Waals surface area contributed by atoms with E-state index in [9.17, 15) is 4.79 Å². The van der Waals surface area contributed by atoms with Gasteiger partial charge in [0.05, 0.1) is 12.5 Å². The third-order valence-corrected chi connectivity index (χ3v) is 3.23. The molecular weight excluding hydrogens is 280 g/mol. The van der Waals surface area contributed by atoms with Gasteiger partial charge in [-0.05, 0) is 36.6 Å². The molecule has 2 nitrogen and oxygen atoms in total. The van der Waals surface area contributed by atoms with Gasteiger partial charge in [0, 0.05) is 11.1 Å². The number of unbranched alkanes of at least 4 members (excludes halogenated alkanes) is 1. The highest BCUT2D eigenvalue weighted by Gasteiger charge is 2.13. The zero-order chi connectivity index (χ0) is 12.7. The van der Waals surface area contributed by atoms with Crippen molar-refractivity contribution in [3.63, 3.8) is 0 Å². The van der Waals surface area contributed by atoms with Gasteiger partial charge in [0.2, 0.25) is 0 Å². The van der Waals surface area contributed by atoms with Gasteiger partial charge >= 0.3 is 0 Å². The van der Waals surface area contributed by atoms with Crippen LogP contribution in [-0.2, 0) is 9.53 Å². The molecule has 0 amide bonds. The first-order valence-electron chi connectivity index (χ1n) is 5.98. The normalized spacial score (nSPS) is 12.4. The summed E-state index contributed by atoms with van der Waals surface area (Å²) in [7, 11) is 0. The summed E-state index contributed by atoms with van der Waals surface area (Å²) in [5, 5.41) is 0. The molecule has 0 radical (unpaired) electrons. The van der Waals surface area contributed by atoms with Crippen molar-refractivity contribution in [3.05, 3.63) is 33.8 Å². The standard InChI is InChI=1S/C14H19BrO2/c1-3-4-7-17-10-12(9-16)14-6-5-13(15)8-11(14)2/h5-6,8-9,12H,3-4,7,10H2,1-2H3/t12-/m0/s1. The smallest absolute Gasteiger partial charge is 0.129 e. The van der Waals surface area contributed by atoms with Crippen LogP contribution in [0.1, 0.15) is 36.8 Å². The Morgan fingerprint density at radius 3 is 2.82 bits per heavy atom. The van der Waals surface area contributed by atoms with Crippen molar-refractivity contribution in [2.45, 2.75) is 32.6 Å². The van der Waals surface area contributed by atoms with Crippen molar-refractivity contribution in [2.24, 2.45) is 0 Å². The highest BCUT2D eigenvalue weighted by atomic mass is 79.9. The van der Waals surface area contributed by atoms with E-state index in [1.807, 2.05) is 25.1 Å². The highest BCUT2D eigenvalue weighted by Crippen LogP contribution is 2.22. The number of rotatable bonds is 7. The molecule has 1 rings (SSSR count). The van der Waals surface area contributed by atoms with E-state index in [0.717, 1.165) is 41.3 Å². The number of benzene rings is 1. The van der Waals surface area contributed by atoms with Crippen LogP contribution in [0.2, 0.25) is 0 Å². The van der Waals surface area contributed by atoms with E-state index in [1.165, 1.54) is 0 Å². The molecule has 0 bridgehead atoms. The number of halogens is 1. The lowest BCUT2D eigenvalue weighted by Gasteiger charge is -2.14. The molecule has 1 atom stereocenters. The Kier molecular flexibility index (Phi) is 6.45. The fourth-order valence-electron chi connectivity index (χ4n) is 1.71. The van der Waals surface area contributed by atoms with Crippen LogP contribution in [0.5, 0.6) is 0 Å². The predicted molar refractivity (Wildman–Crippen MR) is 73.4 cm³/mol. The number of hydrogen-bond donors (Lipinski definition) is 0. The minimum absolute atomic E-state index is 0.153. The monoisotopic (exact) mass is 298 g/mol. The topological polar surface area (TPSA) is 26.3 Å². The predicted octanol–water partition coefficient (Wildman–Crippen LogP) is 3.86. The van der Waals surface area contributed by atoms with Crippen LogP contribution in [0.15, 0.2) is 22.7 Å². The molecule has 0 aliphatic heterocycles. The lowest BCUT2D eigenvalue weighted by atomic mass is 9.97. The van der Waals surface area contributed by atoms with Crippen LogP contribution in [0, 0.1) is 6.92 Å². The third kappa shape index (κ3) is 4.60. The molecule has 0 unspecified atom stereocenters. The molecule has 0 fully saturated rings. The Hall–Kier alpha value is -0.670. The van der Waals surface area contributed by atoms with Crippen molar-refractivity contribution in [2.75, 3.05) is 13.2 Å². The molecule has 94 valence electrons. The highest BCUT2D eigenvalue weighted by molar-refractivity contribution is 9.10. The Labute approximate surface area is 111 Å². The second kappa shape index (κ2) is 7.62. The first-order chi connectivity index (χ1) is 8.19. The lowest BCUT2D eigenvalue weighted by molar-refractivity contribution is -0.110. The molecular formula is C14H19BrO2. The summed E-state index contributed by atoms with van der Waals surface area (Å²) in [6.07, 6.45) is 3.14. The maximum absolute atomic E-state index is 11.1. The van der Waals surface area contributed by atoms with Gasteiger partial charge in [-0.25, -0.2) is 0 Å². The number of aryl methyl sites for hydroxylation is 1. The molecule has 1 aromatic carbocycles. The van der Waals surface area contributed by atoms with Crippen molar-refractivity contribution in [1.29, 1.82) is 0 Å². The Morgan fingerprint density at radius 2 is 2.24 bits per heavy atom. The van der Waals surface area contributed by atoms with Crippen molar-refractivity contribution < 1.29 is 9.53 Å². The van der Waals surface area contributed by atoms with Gasteiger partial charge in [0.1, 0.15) is 6.29 Å². The average molecular weight is 299 g/mol. The summed E-state index contributed by atoms with van der Waals surface area (Å²) in [6.45, 7) is 5.35. The van der Waals surface area contributed by atoms with Gasteiger partial charge in [-0.15, -0.1) is 0 Å². The van der Waals surface area contributed by atoms with Gasteiger partial charge in [0.15, 0.2) is 0 Å². The second-order valence-corrected chi connectivity index (χ2v) is 5.09. The maximum Gasteiger partial charge on any atom is 0.129 e. The van der Waals surface area contributed by atoms with E-state index < -0.39 is 0 Å². The maximum atomic E-state index is 11.1. The molecule has 1 aromatic rings. The van der Waals surface area contributed by atoms with E-state index in [-0.39, 0.29) is 5.92 Å². The molecule has 3 heteroatoms. The van der Waals surface area contributed by atoms with Crippen LogP contribution in [0.25, 0.3) is 0 Å². The summed E-state index contributed by atoms with van der Waals surface area (Å²) in [5.41, 5.74) is 2.18. The lowest BCUT2D eigenvalue weighted by Crippen LogP contribution is -2.11. The zero-order valence-electron chi connectivity index (χ0n) is 10.4. The van der Waals surface area contributed by atoms with Crippen LogP contribution >= 0.6 is 15.9 Å². The zero-order valence-corrected chi connectivity index (χ0v) is 12.0.